The van der Waals surface area contributed by atoms with Crippen molar-refractivity contribution in [3.8, 4) is 5.75 Å². The van der Waals surface area contributed by atoms with Crippen molar-refractivity contribution in [1.82, 2.24) is 0 Å². The molecule has 0 aliphatic rings. The van der Waals surface area contributed by atoms with Crippen molar-refractivity contribution in [2.45, 2.75) is 6.92 Å². The fraction of sp³-hybridized carbons (Fsp3) is 0.136. The van der Waals surface area contributed by atoms with Crippen molar-refractivity contribution < 1.29 is 24.2 Å². The Morgan fingerprint density at radius 3 is 1.74 bits per heavy atom. The van der Waals surface area contributed by atoms with Crippen LogP contribution in [0.4, 0.5) is 0 Å². The molecule has 0 amide bonds. The number of phenols is 1. The number of allylic oxidation sites excluding steroid dienone is 2. The van der Waals surface area contributed by atoms with E-state index in [2.05, 4.69) is 4.74 Å². The number of methoxy groups -OCH3 is 1. The van der Waals surface area contributed by atoms with Gasteiger partial charge in [-0.05, 0) is 42.3 Å². The number of rotatable bonds is 7. The van der Waals surface area contributed by atoms with E-state index < -0.39 is 23.5 Å². The van der Waals surface area contributed by atoms with Gasteiger partial charge in [0.1, 0.15) is 5.75 Å². The lowest BCUT2D eigenvalue weighted by Gasteiger charge is -2.08. The highest BCUT2D eigenvalue weighted by Crippen LogP contribution is 2.13. The molecule has 0 saturated carbocycles. The third kappa shape index (κ3) is 5.78. The van der Waals surface area contributed by atoms with Gasteiger partial charge in [0.25, 0.3) is 0 Å². The van der Waals surface area contributed by atoms with Crippen LogP contribution in [0.25, 0.3) is 12.2 Å². The average molecular weight is 364 g/mol. The fourth-order valence-corrected chi connectivity index (χ4v) is 2.30. The number of hydrogen-bond acceptors (Lipinski definition) is 5. The van der Waals surface area contributed by atoms with E-state index in [1.165, 1.54) is 24.3 Å². The summed E-state index contributed by atoms with van der Waals surface area (Å²) in [5.41, 5.74) is 2.51. The molecular weight excluding hydrogens is 344 g/mol. The van der Waals surface area contributed by atoms with E-state index in [1.807, 2.05) is 31.2 Å². The number of aromatic hydroxyl groups is 1. The lowest BCUT2D eigenvalue weighted by Crippen LogP contribution is -2.30. The quantitative estimate of drug-likeness (QED) is 0.463. The van der Waals surface area contributed by atoms with Gasteiger partial charge in [-0.1, -0.05) is 54.1 Å². The normalized spacial score (nSPS) is 12.2. The first-order valence-corrected chi connectivity index (χ1v) is 8.28. The van der Waals surface area contributed by atoms with Crippen LogP contribution < -0.4 is 0 Å². The Morgan fingerprint density at radius 2 is 1.30 bits per heavy atom. The van der Waals surface area contributed by atoms with Crippen LogP contribution in [-0.2, 0) is 19.1 Å². The molecule has 138 valence electrons. The highest BCUT2D eigenvalue weighted by molar-refractivity contribution is 6.24. The maximum Gasteiger partial charge on any atom is 0.324 e. The lowest BCUT2D eigenvalue weighted by molar-refractivity contribution is -0.150. The molecule has 1 atom stereocenters. The van der Waals surface area contributed by atoms with Crippen LogP contribution in [0.3, 0.4) is 0 Å². The van der Waals surface area contributed by atoms with Crippen LogP contribution in [-0.4, -0.2) is 29.8 Å². The van der Waals surface area contributed by atoms with Crippen LogP contribution in [0, 0.1) is 12.8 Å². The monoisotopic (exact) mass is 364 g/mol. The van der Waals surface area contributed by atoms with E-state index in [-0.39, 0.29) is 5.75 Å². The zero-order chi connectivity index (χ0) is 19.8. The minimum absolute atomic E-state index is 0.0994. The van der Waals surface area contributed by atoms with E-state index in [1.54, 1.807) is 18.2 Å². The second kappa shape index (κ2) is 9.29. The minimum atomic E-state index is -1.55. The number of hydrogen-bond donors (Lipinski definition) is 1. The van der Waals surface area contributed by atoms with Crippen molar-refractivity contribution in [3.63, 3.8) is 0 Å². The summed E-state index contributed by atoms with van der Waals surface area (Å²) in [5.74, 6) is -3.68. The molecule has 0 heterocycles. The first-order chi connectivity index (χ1) is 12.9. The molecule has 2 aromatic carbocycles. The van der Waals surface area contributed by atoms with Gasteiger partial charge < -0.3 is 9.84 Å². The van der Waals surface area contributed by atoms with Crippen LogP contribution in [0.1, 0.15) is 16.7 Å². The van der Waals surface area contributed by atoms with Crippen molar-refractivity contribution in [2.24, 2.45) is 5.92 Å². The molecule has 5 heteroatoms. The van der Waals surface area contributed by atoms with Gasteiger partial charge in [0, 0.05) is 0 Å². The Kier molecular flexibility index (Phi) is 6.83. The van der Waals surface area contributed by atoms with E-state index in [9.17, 15) is 19.5 Å². The number of phenolic OH excluding ortho intramolecular Hbond substituents is 1. The average Bonchev–Trinajstić information content (AvgIpc) is 2.67. The smallest absolute Gasteiger partial charge is 0.324 e. The van der Waals surface area contributed by atoms with Crippen LogP contribution in [0.2, 0.25) is 0 Å². The van der Waals surface area contributed by atoms with Gasteiger partial charge in [0.15, 0.2) is 17.5 Å². The molecule has 0 aliphatic heterocycles. The molecule has 5 nitrogen and oxygen atoms in total. The Morgan fingerprint density at radius 1 is 0.852 bits per heavy atom. The zero-order valence-corrected chi connectivity index (χ0v) is 15.1. The largest absolute Gasteiger partial charge is 0.508 e. The Balaban J connectivity index is 2.16. The van der Waals surface area contributed by atoms with Gasteiger partial charge in [-0.3, -0.25) is 14.4 Å². The van der Waals surface area contributed by atoms with Gasteiger partial charge in [-0.15, -0.1) is 0 Å². The number of benzene rings is 2. The Hall–Kier alpha value is -3.47. The molecule has 0 bridgehead atoms. The highest BCUT2D eigenvalue weighted by atomic mass is 16.5. The third-order valence-corrected chi connectivity index (χ3v) is 3.86. The topological polar surface area (TPSA) is 80.7 Å². The maximum atomic E-state index is 12.4. The molecular formula is C22H20O5. The first-order valence-electron chi connectivity index (χ1n) is 8.28. The summed E-state index contributed by atoms with van der Waals surface area (Å²) in [7, 11) is 1.13. The summed E-state index contributed by atoms with van der Waals surface area (Å²) in [4.78, 5) is 36.7. The number of aryl methyl sites for hydroxylation is 1. The second-order valence-corrected chi connectivity index (χ2v) is 5.93. The van der Waals surface area contributed by atoms with Gasteiger partial charge in [0.05, 0.1) is 7.11 Å². The number of carbonyl (C=O) groups is 3. The summed E-state index contributed by atoms with van der Waals surface area (Å²) >= 11 is 0. The number of ether oxygens (including phenoxy) is 1. The van der Waals surface area contributed by atoms with E-state index in [0.717, 1.165) is 24.3 Å². The predicted molar refractivity (Wildman–Crippen MR) is 103 cm³/mol. The number of ketones is 2. The predicted octanol–water partition coefficient (Wildman–Crippen LogP) is 3.35. The van der Waals surface area contributed by atoms with Gasteiger partial charge in [-0.25, -0.2) is 0 Å². The van der Waals surface area contributed by atoms with Gasteiger partial charge >= 0.3 is 5.97 Å². The van der Waals surface area contributed by atoms with E-state index >= 15 is 0 Å². The molecule has 0 aliphatic carbocycles. The first kappa shape index (κ1) is 19.8. The molecule has 1 unspecified atom stereocenters. The molecule has 1 N–H and O–H groups in total. The molecule has 0 spiro atoms. The highest BCUT2D eigenvalue weighted by Gasteiger charge is 2.31. The number of esters is 1. The van der Waals surface area contributed by atoms with Crippen molar-refractivity contribution >= 4 is 29.7 Å². The van der Waals surface area contributed by atoms with Crippen molar-refractivity contribution in [3.05, 3.63) is 77.4 Å². The molecule has 0 fully saturated rings. The van der Waals surface area contributed by atoms with Crippen molar-refractivity contribution in [1.29, 1.82) is 0 Å². The van der Waals surface area contributed by atoms with E-state index in [4.69, 9.17) is 0 Å². The summed E-state index contributed by atoms with van der Waals surface area (Å²) < 4.78 is 4.61. The molecule has 0 aromatic heterocycles. The van der Waals surface area contributed by atoms with Crippen LogP contribution >= 0.6 is 0 Å². The summed E-state index contributed by atoms with van der Waals surface area (Å²) in [5, 5.41) is 9.26. The van der Waals surface area contributed by atoms with Gasteiger partial charge in [0.2, 0.25) is 0 Å². The third-order valence-electron chi connectivity index (χ3n) is 3.86. The zero-order valence-electron chi connectivity index (χ0n) is 15.1. The number of carbonyl (C=O) groups excluding carboxylic acids is 3. The van der Waals surface area contributed by atoms with Crippen LogP contribution in [0.15, 0.2) is 60.7 Å². The maximum absolute atomic E-state index is 12.4. The molecule has 0 radical (unpaired) electrons. The molecule has 0 saturated heterocycles. The summed E-state index contributed by atoms with van der Waals surface area (Å²) in [6.45, 7) is 1.95. The molecule has 2 aromatic rings. The second-order valence-electron chi connectivity index (χ2n) is 5.93. The summed E-state index contributed by atoms with van der Waals surface area (Å²) in [6, 6.07) is 13.6. The van der Waals surface area contributed by atoms with Crippen molar-refractivity contribution in [2.75, 3.05) is 7.11 Å². The Bertz CT molecular complexity index is 806. The Labute approximate surface area is 157 Å². The lowest BCUT2D eigenvalue weighted by atomic mass is 9.97. The summed E-state index contributed by atoms with van der Waals surface area (Å²) in [6.07, 6.45) is 5.38. The minimum Gasteiger partial charge on any atom is -0.508 e. The molecule has 27 heavy (non-hydrogen) atoms. The van der Waals surface area contributed by atoms with Gasteiger partial charge in [-0.2, -0.15) is 0 Å². The standard InChI is InChI=1S/C22H20O5/c1-15-3-5-16(6-4-15)9-13-19(24)21(22(26)27-2)20(25)14-10-17-7-11-18(23)12-8-17/h3-14,21,23H,1-2H3/b13-9+,14-10+. The molecule has 2 rings (SSSR count). The van der Waals surface area contributed by atoms with E-state index in [0.29, 0.717) is 5.56 Å². The SMILES string of the molecule is COC(=O)C(C(=O)/C=C/c1ccc(C)cc1)C(=O)/C=C/c1ccc(O)cc1. The fourth-order valence-electron chi connectivity index (χ4n) is 2.30. The van der Waals surface area contributed by atoms with Crippen LogP contribution in [0.5, 0.6) is 5.75 Å².